The van der Waals surface area contributed by atoms with Gasteiger partial charge in [-0.15, -0.1) is 6.58 Å². The van der Waals surface area contributed by atoms with Crippen molar-refractivity contribution in [2.24, 2.45) is 0 Å². The van der Waals surface area contributed by atoms with Gasteiger partial charge < -0.3 is 5.11 Å². The number of aliphatic hydroxyl groups excluding tert-OH is 1. The molecule has 2 heteroatoms. The Balaban J connectivity index is 1.81. The fourth-order valence-electron chi connectivity index (χ4n) is 3.03. The first kappa shape index (κ1) is 18.4. The van der Waals surface area contributed by atoms with Gasteiger partial charge in [-0.3, -0.25) is 4.98 Å². The highest BCUT2D eigenvalue weighted by molar-refractivity contribution is 5.63. The van der Waals surface area contributed by atoms with Crippen LogP contribution in [0.2, 0.25) is 0 Å². The molecule has 1 aromatic heterocycles. The van der Waals surface area contributed by atoms with Crippen molar-refractivity contribution >= 4 is 0 Å². The van der Waals surface area contributed by atoms with E-state index in [1.807, 2.05) is 48.5 Å². The summed E-state index contributed by atoms with van der Waals surface area (Å²) in [6, 6.07) is 13.9. The highest BCUT2D eigenvalue weighted by atomic mass is 16.3. The lowest BCUT2D eigenvalue weighted by Crippen LogP contribution is -2.00. The van der Waals surface area contributed by atoms with E-state index in [1.165, 1.54) is 32.1 Å². The molecule has 0 saturated carbocycles. The summed E-state index contributed by atoms with van der Waals surface area (Å²) in [6.07, 6.45) is 12.7. The van der Waals surface area contributed by atoms with Crippen molar-refractivity contribution in [1.82, 2.24) is 4.98 Å². The monoisotopic (exact) mass is 323 g/mol. The average molecular weight is 323 g/mol. The highest BCUT2D eigenvalue weighted by Crippen LogP contribution is 2.29. The molecule has 2 aromatic rings. The zero-order valence-corrected chi connectivity index (χ0v) is 14.5. The predicted octanol–water partition coefficient (Wildman–Crippen LogP) is 6.09. The SMILES string of the molecule is C=CCCCCCCCCC(O)c1ccccc1-c1ccccn1. The molecule has 0 aliphatic rings. The fraction of sp³-hybridized carbons (Fsp3) is 0.409. The van der Waals surface area contributed by atoms with E-state index in [9.17, 15) is 5.11 Å². The second kappa shape index (κ2) is 10.8. The van der Waals surface area contributed by atoms with Crippen molar-refractivity contribution in [3.05, 3.63) is 66.9 Å². The summed E-state index contributed by atoms with van der Waals surface area (Å²) in [7, 11) is 0. The van der Waals surface area contributed by atoms with Crippen LogP contribution >= 0.6 is 0 Å². The van der Waals surface area contributed by atoms with E-state index in [4.69, 9.17) is 0 Å². The quantitative estimate of drug-likeness (QED) is 0.401. The second-order valence-electron chi connectivity index (χ2n) is 6.31. The number of nitrogens with zero attached hydrogens (tertiary/aromatic N) is 1. The number of aromatic nitrogens is 1. The Bertz CT molecular complexity index is 594. The minimum absolute atomic E-state index is 0.413. The van der Waals surface area contributed by atoms with Crippen molar-refractivity contribution in [2.75, 3.05) is 0 Å². The summed E-state index contributed by atoms with van der Waals surface area (Å²) in [4.78, 5) is 4.42. The van der Waals surface area contributed by atoms with Crippen LogP contribution < -0.4 is 0 Å². The molecular weight excluding hydrogens is 294 g/mol. The highest BCUT2D eigenvalue weighted by Gasteiger charge is 2.13. The van der Waals surface area contributed by atoms with Crippen molar-refractivity contribution < 1.29 is 5.11 Å². The normalized spacial score (nSPS) is 12.0. The zero-order valence-electron chi connectivity index (χ0n) is 14.5. The van der Waals surface area contributed by atoms with E-state index in [0.717, 1.165) is 36.1 Å². The summed E-state index contributed by atoms with van der Waals surface area (Å²) in [5.74, 6) is 0. The molecule has 128 valence electrons. The van der Waals surface area contributed by atoms with E-state index in [0.29, 0.717) is 0 Å². The third-order valence-corrected chi connectivity index (χ3v) is 4.40. The third-order valence-electron chi connectivity index (χ3n) is 4.40. The molecule has 24 heavy (non-hydrogen) atoms. The van der Waals surface area contributed by atoms with E-state index in [2.05, 4.69) is 11.6 Å². The van der Waals surface area contributed by atoms with Crippen molar-refractivity contribution in [2.45, 2.75) is 57.5 Å². The first-order valence-corrected chi connectivity index (χ1v) is 9.12. The zero-order chi connectivity index (χ0) is 17.0. The Morgan fingerprint density at radius 2 is 1.62 bits per heavy atom. The van der Waals surface area contributed by atoms with Crippen molar-refractivity contribution in [3.63, 3.8) is 0 Å². The summed E-state index contributed by atoms with van der Waals surface area (Å²) in [5.41, 5.74) is 2.95. The van der Waals surface area contributed by atoms with Gasteiger partial charge >= 0.3 is 0 Å². The molecule has 0 amide bonds. The van der Waals surface area contributed by atoms with Gasteiger partial charge in [-0.1, -0.05) is 68.5 Å². The first-order chi connectivity index (χ1) is 11.8. The summed E-state index contributed by atoms with van der Waals surface area (Å²) < 4.78 is 0. The molecule has 0 bridgehead atoms. The molecule has 2 rings (SSSR count). The second-order valence-corrected chi connectivity index (χ2v) is 6.31. The largest absolute Gasteiger partial charge is 0.388 e. The molecule has 1 atom stereocenters. The lowest BCUT2D eigenvalue weighted by atomic mass is 9.96. The van der Waals surface area contributed by atoms with Crippen LogP contribution in [-0.2, 0) is 0 Å². The molecule has 1 heterocycles. The van der Waals surface area contributed by atoms with Gasteiger partial charge in [0.25, 0.3) is 0 Å². The van der Waals surface area contributed by atoms with Gasteiger partial charge in [0.2, 0.25) is 0 Å². The van der Waals surface area contributed by atoms with Gasteiger partial charge in [0.05, 0.1) is 11.8 Å². The van der Waals surface area contributed by atoms with Crippen LogP contribution in [0.1, 0.15) is 63.0 Å². The summed E-state index contributed by atoms with van der Waals surface area (Å²) in [5, 5.41) is 10.6. The van der Waals surface area contributed by atoms with Gasteiger partial charge in [-0.25, -0.2) is 0 Å². The maximum atomic E-state index is 10.6. The number of allylic oxidation sites excluding steroid dienone is 1. The van der Waals surface area contributed by atoms with Crippen LogP contribution in [0.25, 0.3) is 11.3 Å². The molecule has 2 nitrogen and oxygen atoms in total. The van der Waals surface area contributed by atoms with Crippen LogP contribution in [0.5, 0.6) is 0 Å². The Morgan fingerprint density at radius 1 is 0.917 bits per heavy atom. The van der Waals surface area contributed by atoms with Crippen molar-refractivity contribution in [1.29, 1.82) is 0 Å². The van der Waals surface area contributed by atoms with Crippen LogP contribution in [0.15, 0.2) is 61.3 Å². The number of hydrogen-bond donors (Lipinski definition) is 1. The Hall–Kier alpha value is -1.93. The van der Waals surface area contributed by atoms with Crippen LogP contribution in [0.4, 0.5) is 0 Å². The van der Waals surface area contributed by atoms with Crippen LogP contribution in [0, 0.1) is 0 Å². The fourth-order valence-corrected chi connectivity index (χ4v) is 3.03. The molecular formula is C22H29NO. The number of pyridine rings is 1. The third kappa shape index (κ3) is 5.93. The van der Waals surface area contributed by atoms with E-state index >= 15 is 0 Å². The Kier molecular flexibility index (Phi) is 8.26. The molecule has 0 spiro atoms. The number of hydrogen-bond acceptors (Lipinski definition) is 2. The van der Waals surface area contributed by atoms with Gasteiger partial charge in [-0.05, 0) is 37.0 Å². The lowest BCUT2D eigenvalue weighted by Gasteiger charge is -2.15. The Morgan fingerprint density at radius 3 is 2.38 bits per heavy atom. The Labute approximate surface area is 146 Å². The van der Waals surface area contributed by atoms with E-state index < -0.39 is 6.10 Å². The van der Waals surface area contributed by atoms with E-state index in [1.54, 1.807) is 6.20 Å². The standard InChI is InChI=1S/C22H29NO/c1-2-3-4-5-6-7-8-9-17-22(24)20-15-11-10-14-19(20)21-16-12-13-18-23-21/h2,10-16,18,22,24H,1,3-9,17H2. The minimum atomic E-state index is -0.413. The molecule has 1 N–H and O–H groups in total. The predicted molar refractivity (Wildman–Crippen MR) is 102 cm³/mol. The maximum Gasteiger partial charge on any atom is 0.0796 e. The first-order valence-electron chi connectivity index (χ1n) is 9.12. The van der Waals surface area contributed by atoms with Crippen molar-refractivity contribution in [3.8, 4) is 11.3 Å². The summed E-state index contributed by atoms with van der Waals surface area (Å²) >= 11 is 0. The topological polar surface area (TPSA) is 33.1 Å². The molecule has 0 aliphatic heterocycles. The summed E-state index contributed by atoms with van der Waals surface area (Å²) in [6.45, 7) is 3.75. The molecule has 1 aromatic carbocycles. The van der Waals surface area contributed by atoms with Gasteiger partial charge in [0, 0.05) is 11.8 Å². The van der Waals surface area contributed by atoms with Crippen LogP contribution in [0.3, 0.4) is 0 Å². The maximum absolute atomic E-state index is 10.6. The number of unbranched alkanes of at least 4 members (excludes halogenated alkanes) is 6. The number of aliphatic hydroxyl groups is 1. The van der Waals surface area contributed by atoms with Gasteiger partial charge in [-0.2, -0.15) is 0 Å². The smallest absolute Gasteiger partial charge is 0.0796 e. The molecule has 0 fully saturated rings. The number of rotatable bonds is 11. The average Bonchev–Trinajstić information content (AvgIpc) is 2.64. The minimum Gasteiger partial charge on any atom is -0.388 e. The molecule has 0 saturated heterocycles. The molecule has 0 aliphatic carbocycles. The lowest BCUT2D eigenvalue weighted by molar-refractivity contribution is 0.164. The van der Waals surface area contributed by atoms with E-state index in [-0.39, 0.29) is 0 Å². The molecule has 1 unspecified atom stereocenters. The van der Waals surface area contributed by atoms with Gasteiger partial charge in [0.15, 0.2) is 0 Å². The van der Waals surface area contributed by atoms with Gasteiger partial charge in [0.1, 0.15) is 0 Å². The molecule has 0 radical (unpaired) electrons. The number of benzene rings is 1. The van der Waals surface area contributed by atoms with Crippen LogP contribution in [-0.4, -0.2) is 10.1 Å².